The Hall–Kier alpha value is -1.14. The molecule has 1 aliphatic heterocycles. The number of β-amino-alcohol motifs (C(OH)–C–C–N with tert-alkyl or cyclic N) is 1. The van der Waals surface area contributed by atoms with E-state index in [0.29, 0.717) is 19.4 Å². The maximum atomic E-state index is 12.0. The summed E-state index contributed by atoms with van der Waals surface area (Å²) in [4.78, 5) is 25.2. The molecule has 1 rings (SSSR count). The third kappa shape index (κ3) is 3.91. The Morgan fingerprint density at radius 1 is 1.26 bits per heavy atom. The lowest BCUT2D eigenvalue weighted by molar-refractivity contribution is -0.140. The van der Waals surface area contributed by atoms with E-state index in [1.54, 1.807) is 0 Å². The first-order valence-electron chi connectivity index (χ1n) is 6.96. The molecule has 3 atom stereocenters. The largest absolute Gasteiger partial charge is 0.388 e. The number of nitrogens with one attached hydrogen (secondary N) is 1. The molecule has 6 heteroatoms. The van der Waals surface area contributed by atoms with Crippen LogP contribution in [-0.4, -0.2) is 58.3 Å². The molecule has 0 radical (unpaired) electrons. The lowest BCUT2D eigenvalue weighted by Crippen LogP contribution is -2.50. The van der Waals surface area contributed by atoms with Gasteiger partial charge in [0.15, 0.2) is 0 Å². The van der Waals surface area contributed by atoms with Crippen molar-refractivity contribution < 1.29 is 19.8 Å². The molecule has 6 nitrogen and oxygen atoms in total. The number of aliphatic hydroxyl groups excluding tert-OH is 2. The van der Waals surface area contributed by atoms with Crippen LogP contribution in [0.5, 0.6) is 0 Å². The summed E-state index contributed by atoms with van der Waals surface area (Å²) in [6, 6.07) is -0.967. The van der Waals surface area contributed by atoms with Gasteiger partial charge in [-0.1, -0.05) is 20.3 Å². The van der Waals surface area contributed by atoms with Crippen molar-refractivity contribution in [1.82, 2.24) is 10.2 Å². The van der Waals surface area contributed by atoms with E-state index in [0.717, 1.165) is 12.8 Å². The third-order valence-corrected chi connectivity index (χ3v) is 3.32. The number of aliphatic hydroxyl groups is 2. The normalized spacial score (nSPS) is 26.5. The van der Waals surface area contributed by atoms with E-state index >= 15 is 0 Å². The summed E-state index contributed by atoms with van der Waals surface area (Å²) in [5, 5.41) is 22.2. The van der Waals surface area contributed by atoms with Crippen LogP contribution >= 0.6 is 0 Å². The molecule has 0 aromatic rings. The van der Waals surface area contributed by atoms with Crippen LogP contribution in [-0.2, 0) is 9.59 Å². The van der Waals surface area contributed by atoms with Gasteiger partial charge in [0.1, 0.15) is 12.1 Å². The zero-order chi connectivity index (χ0) is 14.4. The van der Waals surface area contributed by atoms with E-state index in [2.05, 4.69) is 5.32 Å². The van der Waals surface area contributed by atoms with Crippen molar-refractivity contribution in [3.63, 3.8) is 0 Å². The van der Waals surface area contributed by atoms with E-state index in [-0.39, 0.29) is 18.4 Å². The van der Waals surface area contributed by atoms with Crippen LogP contribution < -0.4 is 5.32 Å². The Kier molecular flexibility index (Phi) is 6.24. The summed E-state index contributed by atoms with van der Waals surface area (Å²) in [6.45, 7) is 4.42. The molecule has 1 heterocycles. The molecule has 0 aromatic carbocycles. The summed E-state index contributed by atoms with van der Waals surface area (Å²) < 4.78 is 0. The van der Waals surface area contributed by atoms with Crippen molar-refractivity contribution in [2.24, 2.45) is 0 Å². The highest BCUT2D eigenvalue weighted by Crippen LogP contribution is 2.20. The number of rotatable bonds is 6. The number of hydrogen-bond acceptors (Lipinski definition) is 4. The fraction of sp³-hybridized carbons (Fsp3) is 0.846. The third-order valence-electron chi connectivity index (χ3n) is 3.32. The van der Waals surface area contributed by atoms with Gasteiger partial charge in [-0.2, -0.15) is 0 Å². The van der Waals surface area contributed by atoms with Crippen LogP contribution in [0.3, 0.4) is 0 Å². The fourth-order valence-electron chi connectivity index (χ4n) is 2.22. The maximum Gasteiger partial charge on any atom is 0.245 e. The second kappa shape index (κ2) is 7.45. The number of unbranched alkanes of at least 4 members (excludes halogenated alkanes) is 1. The number of amides is 2. The van der Waals surface area contributed by atoms with Crippen LogP contribution in [0.15, 0.2) is 0 Å². The molecular formula is C13H24N2O4. The van der Waals surface area contributed by atoms with Crippen molar-refractivity contribution in [2.45, 2.75) is 57.8 Å². The highest BCUT2D eigenvalue weighted by molar-refractivity contribution is 5.89. The van der Waals surface area contributed by atoms with Crippen molar-refractivity contribution in [3.8, 4) is 0 Å². The first-order valence-corrected chi connectivity index (χ1v) is 6.96. The van der Waals surface area contributed by atoms with Gasteiger partial charge >= 0.3 is 0 Å². The summed E-state index contributed by atoms with van der Waals surface area (Å²) in [6.07, 6.45) is 0.531. The predicted molar refractivity (Wildman–Crippen MR) is 70.3 cm³/mol. The Bertz CT molecular complexity index is 322. The zero-order valence-corrected chi connectivity index (χ0v) is 11.6. The molecule has 0 bridgehead atoms. The topological polar surface area (TPSA) is 89.9 Å². The van der Waals surface area contributed by atoms with E-state index in [1.165, 1.54) is 4.90 Å². The Labute approximate surface area is 113 Å². The standard InChI is InChI=1S/C13H24N2O4/c1-3-5-7-14-13(19)11-12(18)9(16)8-15(11)10(17)6-4-2/h9,11-12,16,18H,3-8H2,1-2H3,(H,14,19)/t9-,11-,12-/m0/s1. The lowest BCUT2D eigenvalue weighted by Gasteiger charge is -2.25. The highest BCUT2D eigenvalue weighted by Gasteiger charge is 2.45. The molecule has 0 saturated carbocycles. The van der Waals surface area contributed by atoms with Crippen LogP contribution in [0.4, 0.5) is 0 Å². The van der Waals surface area contributed by atoms with Gasteiger partial charge in [-0.25, -0.2) is 0 Å². The van der Waals surface area contributed by atoms with E-state index < -0.39 is 18.2 Å². The fourth-order valence-corrected chi connectivity index (χ4v) is 2.22. The van der Waals surface area contributed by atoms with Crippen LogP contribution in [0.2, 0.25) is 0 Å². The van der Waals surface area contributed by atoms with E-state index in [9.17, 15) is 19.8 Å². The zero-order valence-electron chi connectivity index (χ0n) is 11.6. The SMILES string of the molecule is CCCCNC(=O)[C@@H]1[C@@H](O)[C@@H](O)CN1C(=O)CCC. The number of carbonyl (C=O) groups excluding carboxylic acids is 2. The molecule has 0 aliphatic carbocycles. The lowest BCUT2D eigenvalue weighted by atomic mass is 10.1. The number of likely N-dealkylation sites (tertiary alicyclic amines) is 1. The number of nitrogens with zero attached hydrogens (tertiary/aromatic N) is 1. The van der Waals surface area contributed by atoms with Gasteiger partial charge in [0.25, 0.3) is 0 Å². The van der Waals surface area contributed by atoms with E-state index in [4.69, 9.17) is 0 Å². The average molecular weight is 272 g/mol. The van der Waals surface area contributed by atoms with Gasteiger partial charge in [-0.05, 0) is 12.8 Å². The minimum atomic E-state index is -1.21. The first kappa shape index (κ1) is 15.9. The van der Waals surface area contributed by atoms with Gasteiger partial charge in [-0.3, -0.25) is 9.59 Å². The first-order chi connectivity index (χ1) is 9.02. The van der Waals surface area contributed by atoms with Crippen LogP contribution in [0.25, 0.3) is 0 Å². The maximum absolute atomic E-state index is 12.0. The van der Waals surface area contributed by atoms with Gasteiger partial charge in [0.2, 0.25) is 11.8 Å². The smallest absolute Gasteiger partial charge is 0.245 e. The number of hydrogen-bond donors (Lipinski definition) is 3. The Balaban J connectivity index is 2.68. The average Bonchev–Trinajstić information content (AvgIpc) is 2.66. The molecule has 2 amide bonds. The van der Waals surface area contributed by atoms with Gasteiger partial charge < -0.3 is 20.4 Å². The molecule has 1 aliphatic rings. The van der Waals surface area contributed by atoms with Gasteiger partial charge in [0.05, 0.1) is 12.6 Å². The summed E-state index contributed by atoms with van der Waals surface area (Å²) in [5.41, 5.74) is 0. The Morgan fingerprint density at radius 3 is 2.53 bits per heavy atom. The molecular weight excluding hydrogens is 248 g/mol. The molecule has 1 saturated heterocycles. The molecule has 19 heavy (non-hydrogen) atoms. The molecule has 0 unspecified atom stereocenters. The quantitative estimate of drug-likeness (QED) is 0.576. The van der Waals surface area contributed by atoms with Crippen molar-refractivity contribution in [2.75, 3.05) is 13.1 Å². The summed E-state index contributed by atoms with van der Waals surface area (Å²) in [5.74, 6) is -0.587. The van der Waals surface area contributed by atoms with Crippen molar-refractivity contribution in [3.05, 3.63) is 0 Å². The second-order valence-electron chi connectivity index (χ2n) is 4.94. The highest BCUT2D eigenvalue weighted by atomic mass is 16.3. The van der Waals surface area contributed by atoms with E-state index in [1.807, 2.05) is 13.8 Å². The van der Waals surface area contributed by atoms with Gasteiger partial charge in [-0.15, -0.1) is 0 Å². The minimum absolute atomic E-state index is 0.0197. The molecule has 3 N–H and O–H groups in total. The Morgan fingerprint density at radius 2 is 1.95 bits per heavy atom. The predicted octanol–water partition coefficient (Wildman–Crippen LogP) is -0.365. The number of carbonyl (C=O) groups is 2. The van der Waals surface area contributed by atoms with Crippen LogP contribution in [0.1, 0.15) is 39.5 Å². The summed E-state index contributed by atoms with van der Waals surface area (Å²) in [7, 11) is 0. The molecule has 1 fully saturated rings. The van der Waals surface area contributed by atoms with Crippen molar-refractivity contribution in [1.29, 1.82) is 0 Å². The summed E-state index contributed by atoms with van der Waals surface area (Å²) >= 11 is 0. The van der Waals surface area contributed by atoms with Crippen molar-refractivity contribution >= 4 is 11.8 Å². The van der Waals surface area contributed by atoms with Crippen LogP contribution in [0, 0.1) is 0 Å². The van der Waals surface area contributed by atoms with Gasteiger partial charge in [0, 0.05) is 13.0 Å². The molecule has 110 valence electrons. The monoisotopic (exact) mass is 272 g/mol. The second-order valence-corrected chi connectivity index (χ2v) is 4.94. The molecule has 0 spiro atoms. The molecule has 0 aromatic heterocycles. The minimum Gasteiger partial charge on any atom is -0.388 e.